The van der Waals surface area contributed by atoms with E-state index in [1.807, 2.05) is 43.5 Å². The monoisotopic (exact) mass is 385 g/mol. The largest absolute Gasteiger partial charge is 0.268 e. The van der Waals surface area contributed by atoms with Crippen LogP contribution in [0.5, 0.6) is 0 Å². The summed E-state index contributed by atoms with van der Waals surface area (Å²) in [5, 5.41) is 2.37. The minimum Gasteiger partial charge on any atom is -0.241 e. The highest BCUT2D eigenvalue weighted by Crippen LogP contribution is 2.28. The van der Waals surface area contributed by atoms with Crippen LogP contribution in [0.15, 0.2) is 59.6 Å². The lowest BCUT2D eigenvalue weighted by atomic mass is 10.2. The Kier molecular flexibility index (Phi) is 5.13. The molecule has 0 atom stereocenters. The van der Waals surface area contributed by atoms with E-state index >= 15 is 0 Å². The SMILES string of the molecule is CC[Si](CC)(CC)c1cn(S(=O)(=O)c2ccc(C)cc2)c2ccccc12. The van der Waals surface area contributed by atoms with Crippen LogP contribution >= 0.6 is 0 Å². The van der Waals surface area contributed by atoms with E-state index in [1.165, 1.54) is 9.16 Å². The zero-order valence-electron chi connectivity index (χ0n) is 16.0. The highest BCUT2D eigenvalue weighted by atomic mass is 32.2. The molecule has 0 saturated heterocycles. The number of fused-ring (bicyclic) bond motifs is 1. The molecule has 0 saturated carbocycles. The van der Waals surface area contributed by atoms with Crippen LogP contribution in [0, 0.1) is 6.92 Å². The van der Waals surface area contributed by atoms with Crippen LogP contribution in [0.3, 0.4) is 0 Å². The molecule has 1 heterocycles. The molecule has 138 valence electrons. The Balaban J connectivity index is 2.30. The molecule has 0 bridgehead atoms. The fourth-order valence-corrected chi connectivity index (χ4v) is 9.21. The van der Waals surface area contributed by atoms with E-state index in [9.17, 15) is 8.42 Å². The van der Waals surface area contributed by atoms with Crippen molar-refractivity contribution in [3.05, 3.63) is 60.3 Å². The first-order chi connectivity index (χ1) is 12.4. The molecule has 0 aliphatic heterocycles. The smallest absolute Gasteiger partial charge is 0.241 e. The number of aromatic nitrogens is 1. The second-order valence-corrected chi connectivity index (χ2v) is 14.1. The molecule has 26 heavy (non-hydrogen) atoms. The normalized spacial score (nSPS) is 12.6. The number of hydrogen-bond donors (Lipinski definition) is 0. The zero-order valence-corrected chi connectivity index (χ0v) is 17.8. The summed E-state index contributed by atoms with van der Waals surface area (Å²) in [5.74, 6) is 0. The van der Waals surface area contributed by atoms with Crippen molar-refractivity contribution in [3.63, 3.8) is 0 Å². The van der Waals surface area contributed by atoms with Crippen LogP contribution in [0.4, 0.5) is 0 Å². The van der Waals surface area contributed by atoms with Gasteiger partial charge in [0, 0.05) is 6.20 Å². The van der Waals surface area contributed by atoms with Crippen LogP contribution in [0.2, 0.25) is 18.1 Å². The van der Waals surface area contributed by atoms with Gasteiger partial charge in [0.15, 0.2) is 0 Å². The van der Waals surface area contributed by atoms with Gasteiger partial charge < -0.3 is 0 Å². The molecule has 3 rings (SSSR count). The number of aryl methyl sites for hydroxylation is 1. The van der Waals surface area contributed by atoms with E-state index in [-0.39, 0.29) is 0 Å². The Labute approximate surface area is 157 Å². The van der Waals surface area contributed by atoms with Gasteiger partial charge in [-0.2, -0.15) is 0 Å². The summed E-state index contributed by atoms with van der Waals surface area (Å²) in [6, 6.07) is 18.4. The first kappa shape index (κ1) is 18.9. The van der Waals surface area contributed by atoms with Crippen LogP contribution in [0.1, 0.15) is 26.3 Å². The van der Waals surface area contributed by atoms with Crippen molar-refractivity contribution < 1.29 is 8.42 Å². The highest BCUT2D eigenvalue weighted by Gasteiger charge is 2.34. The maximum Gasteiger partial charge on any atom is 0.268 e. The van der Waals surface area contributed by atoms with Gasteiger partial charge in [-0.15, -0.1) is 0 Å². The summed E-state index contributed by atoms with van der Waals surface area (Å²) in [7, 11) is -5.32. The molecule has 0 fully saturated rings. The Hall–Kier alpha value is -1.85. The van der Waals surface area contributed by atoms with Crippen LogP contribution in [-0.4, -0.2) is 20.5 Å². The van der Waals surface area contributed by atoms with E-state index in [0.717, 1.165) is 34.6 Å². The third-order valence-electron chi connectivity index (χ3n) is 5.86. The maximum atomic E-state index is 13.3. The van der Waals surface area contributed by atoms with Crippen molar-refractivity contribution in [1.29, 1.82) is 0 Å². The molecule has 0 unspecified atom stereocenters. The first-order valence-corrected chi connectivity index (χ1v) is 13.4. The predicted molar refractivity (Wildman–Crippen MR) is 113 cm³/mol. The first-order valence-electron chi connectivity index (χ1n) is 9.32. The zero-order chi connectivity index (χ0) is 18.9. The van der Waals surface area contributed by atoms with Gasteiger partial charge in [-0.3, -0.25) is 0 Å². The minimum atomic E-state index is -3.61. The van der Waals surface area contributed by atoms with Gasteiger partial charge in [0.25, 0.3) is 10.0 Å². The summed E-state index contributed by atoms with van der Waals surface area (Å²) in [6.45, 7) is 8.71. The van der Waals surface area contributed by atoms with E-state index in [2.05, 4.69) is 26.8 Å². The number of benzene rings is 2. The molecule has 3 aromatic rings. The van der Waals surface area contributed by atoms with Gasteiger partial charge in [-0.25, -0.2) is 12.4 Å². The topological polar surface area (TPSA) is 39.1 Å². The fraction of sp³-hybridized carbons (Fsp3) is 0.333. The summed E-state index contributed by atoms with van der Waals surface area (Å²) in [5.41, 5.74) is 1.84. The van der Waals surface area contributed by atoms with Crippen molar-refractivity contribution >= 4 is 34.2 Å². The molecule has 0 radical (unpaired) electrons. The standard InChI is InChI=1S/C21H27NO2SSi/c1-5-26(6-2,7-3)21-16-22(20-11-9-8-10-19(20)21)25(23,24)18-14-12-17(4)13-15-18/h8-16H,5-7H2,1-4H3. The van der Waals surface area contributed by atoms with Gasteiger partial charge >= 0.3 is 0 Å². The second-order valence-electron chi connectivity index (χ2n) is 7.01. The maximum absolute atomic E-state index is 13.3. The molecule has 5 heteroatoms. The Bertz CT molecular complexity index is 1010. The lowest BCUT2D eigenvalue weighted by Gasteiger charge is -2.27. The molecular weight excluding hydrogens is 358 g/mol. The molecule has 0 aliphatic rings. The van der Waals surface area contributed by atoms with Gasteiger partial charge in [-0.1, -0.05) is 74.8 Å². The van der Waals surface area contributed by atoms with E-state index in [0.29, 0.717) is 4.90 Å². The molecule has 2 aromatic carbocycles. The highest BCUT2D eigenvalue weighted by molar-refractivity contribution is 7.90. The van der Waals surface area contributed by atoms with E-state index in [4.69, 9.17) is 0 Å². The van der Waals surface area contributed by atoms with Crippen LogP contribution in [-0.2, 0) is 10.0 Å². The number of nitrogens with zero attached hydrogens (tertiary/aromatic N) is 1. The molecule has 3 nitrogen and oxygen atoms in total. The van der Waals surface area contributed by atoms with Crippen molar-refractivity contribution in [2.24, 2.45) is 0 Å². The van der Waals surface area contributed by atoms with Crippen molar-refractivity contribution in [2.45, 2.75) is 50.7 Å². The van der Waals surface area contributed by atoms with Crippen molar-refractivity contribution in [1.82, 2.24) is 3.97 Å². The van der Waals surface area contributed by atoms with Gasteiger partial charge in [0.05, 0.1) is 18.5 Å². The lowest BCUT2D eigenvalue weighted by Crippen LogP contribution is -2.45. The van der Waals surface area contributed by atoms with Crippen molar-refractivity contribution in [2.75, 3.05) is 0 Å². The Morgan fingerprint density at radius 1 is 0.885 bits per heavy atom. The molecule has 1 aromatic heterocycles. The lowest BCUT2D eigenvalue weighted by molar-refractivity contribution is 0.589. The summed E-state index contributed by atoms with van der Waals surface area (Å²) in [6.07, 6.45) is 1.92. The number of hydrogen-bond acceptors (Lipinski definition) is 2. The van der Waals surface area contributed by atoms with E-state index in [1.54, 1.807) is 12.1 Å². The summed E-state index contributed by atoms with van der Waals surface area (Å²) in [4.78, 5) is 0.340. The van der Waals surface area contributed by atoms with Crippen molar-refractivity contribution in [3.8, 4) is 0 Å². The average Bonchev–Trinajstić information content (AvgIpc) is 3.05. The predicted octanol–water partition coefficient (Wildman–Crippen LogP) is 4.90. The van der Waals surface area contributed by atoms with Gasteiger partial charge in [0.2, 0.25) is 0 Å². The summed E-state index contributed by atoms with van der Waals surface area (Å²) >= 11 is 0. The minimum absolute atomic E-state index is 0.340. The summed E-state index contributed by atoms with van der Waals surface area (Å²) < 4.78 is 28.2. The molecule has 0 amide bonds. The van der Waals surface area contributed by atoms with Crippen LogP contribution in [0.25, 0.3) is 10.9 Å². The molecular formula is C21H27NO2SSi. The van der Waals surface area contributed by atoms with E-state index < -0.39 is 18.1 Å². The third-order valence-corrected chi connectivity index (χ3v) is 13.1. The molecule has 0 aliphatic carbocycles. The van der Waals surface area contributed by atoms with Gasteiger partial charge in [0.1, 0.15) is 0 Å². The molecule has 0 N–H and O–H groups in total. The quantitative estimate of drug-likeness (QED) is 0.566. The third kappa shape index (κ3) is 2.93. The second kappa shape index (κ2) is 7.04. The fourth-order valence-electron chi connectivity index (χ4n) is 3.92. The van der Waals surface area contributed by atoms with Crippen LogP contribution < -0.4 is 5.19 Å². The number of rotatable bonds is 6. The molecule has 0 spiro atoms. The number of para-hydroxylation sites is 1. The van der Waals surface area contributed by atoms with Gasteiger partial charge in [-0.05, 0) is 35.7 Å². The Morgan fingerprint density at radius 2 is 1.46 bits per heavy atom. The average molecular weight is 386 g/mol. The Morgan fingerprint density at radius 3 is 2.04 bits per heavy atom.